The Balaban J connectivity index is 1.70. The summed E-state index contributed by atoms with van der Waals surface area (Å²) in [6.07, 6.45) is 3.86. The van der Waals surface area contributed by atoms with Crippen LogP contribution in [-0.2, 0) is 0 Å². The van der Waals surface area contributed by atoms with Crippen LogP contribution in [0.5, 0.6) is 0 Å². The lowest BCUT2D eigenvalue weighted by atomic mass is 9.97. The molecule has 4 nitrogen and oxygen atoms in total. The van der Waals surface area contributed by atoms with E-state index in [1.165, 1.54) is 11.3 Å². The van der Waals surface area contributed by atoms with Gasteiger partial charge >= 0.3 is 0 Å². The van der Waals surface area contributed by atoms with E-state index in [1.54, 1.807) is 6.20 Å². The fourth-order valence-electron chi connectivity index (χ4n) is 2.49. The number of halogens is 2. The Morgan fingerprint density at radius 3 is 2.59 bits per heavy atom. The number of anilines is 1. The monoisotopic (exact) mass is 323 g/mol. The summed E-state index contributed by atoms with van der Waals surface area (Å²) in [4.78, 5) is 17.3. The van der Waals surface area contributed by atoms with Gasteiger partial charge in [0.1, 0.15) is 11.6 Å². The molecule has 2 heterocycles. The van der Waals surface area contributed by atoms with E-state index < -0.39 is 17.5 Å². The van der Waals surface area contributed by atoms with Crippen molar-refractivity contribution in [3.8, 4) is 0 Å². The Kier molecular flexibility index (Phi) is 4.44. The molecule has 0 bridgehead atoms. The third-order valence-corrected chi connectivity index (χ3v) is 4.69. The maximum Gasteiger partial charge on any atom is 0.257 e. The Morgan fingerprint density at radius 1 is 1.23 bits per heavy atom. The van der Waals surface area contributed by atoms with Crippen LogP contribution in [0.3, 0.4) is 0 Å². The van der Waals surface area contributed by atoms with Gasteiger partial charge in [-0.05, 0) is 44.0 Å². The minimum Gasteiger partial charge on any atom is -0.317 e. The molecule has 1 aliphatic rings. The number of carbonyl (C=O) groups is 1. The van der Waals surface area contributed by atoms with Crippen LogP contribution in [0.25, 0.3) is 0 Å². The topological polar surface area (TPSA) is 54.0 Å². The molecule has 1 aromatic heterocycles. The zero-order valence-corrected chi connectivity index (χ0v) is 12.6. The third kappa shape index (κ3) is 3.48. The van der Waals surface area contributed by atoms with Crippen molar-refractivity contribution in [2.45, 2.75) is 18.8 Å². The molecule has 3 rings (SSSR count). The molecular formula is C15H15F2N3OS. The molecule has 1 saturated heterocycles. The van der Waals surface area contributed by atoms with Crippen LogP contribution < -0.4 is 10.6 Å². The van der Waals surface area contributed by atoms with Crippen molar-refractivity contribution >= 4 is 22.4 Å². The molecule has 2 N–H and O–H groups in total. The summed E-state index contributed by atoms with van der Waals surface area (Å²) in [6, 6.07) is 2.73. The smallest absolute Gasteiger partial charge is 0.257 e. The van der Waals surface area contributed by atoms with Gasteiger partial charge < -0.3 is 5.32 Å². The summed E-state index contributed by atoms with van der Waals surface area (Å²) in [7, 11) is 0. The first-order valence-corrected chi connectivity index (χ1v) is 7.87. The van der Waals surface area contributed by atoms with Crippen LogP contribution in [0.15, 0.2) is 24.4 Å². The largest absolute Gasteiger partial charge is 0.317 e. The number of nitrogens with one attached hydrogen (secondary N) is 2. The molecule has 0 unspecified atom stereocenters. The number of nitrogens with zero attached hydrogens (tertiary/aromatic N) is 1. The molecule has 1 fully saturated rings. The van der Waals surface area contributed by atoms with E-state index in [-0.39, 0.29) is 5.56 Å². The van der Waals surface area contributed by atoms with Crippen molar-refractivity contribution < 1.29 is 13.6 Å². The summed E-state index contributed by atoms with van der Waals surface area (Å²) in [5, 5.41) is 6.34. The van der Waals surface area contributed by atoms with Crippen LogP contribution in [0, 0.1) is 11.6 Å². The summed E-state index contributed by atoms with van der Waals surface area (Å²) in [5.74, 6) is -1.67. The van der Waals surface area contributed by atoms with Gasteiger partial charge in [-0.15, -0.1) is 11.3 Å². The summed E-state index contributed by atoms with van der Waals surface area (Å²) >= 11 is 1.41. The van der Waals surface area contributed by atoms with Gasteiger partial charge in [-0.1, -0.05) is 0 Å². The second-order valence-electron chi connectivity index (χ2n) is 5.20. The van der Waals surface area contributed by atoms with Crippen molar-refractivity contribution in [2.24, 2.45) is 0 Å². The average Bonchev–Trinajstić information content (AvgIpc) is 2.95. The molecule has 0 atom stereocenters. The van der Waals surface area contributed by atoms with Gasteiger partial charge in [-0.2, -0.15) is 0 Å². The first-order chi connectivity index (χ1) is 10.6. The molecule has 1 aromatic carbocycles. The Hall–Kier alpha value is -1.86. The first kappa shape index (κ1) is 15.1. The molecule has 2 aromatic rings. The molecule has 1 aliphatic heterocycles. The number of carbonyl (C=O) groups excluding carboxylic acids is 1. The highest BCUT2D eigenvalue weighted by atomic mass is 32.1. The molecule has 0 radical (unpaired) electrons. The van der Waals surface area contributed by atoms with Crippen LogP contribution in [0.1, 0.15) is 34.0 Å². The van der Waals surface area contributed by atoms with Gasteiger partial charge in [-0.25, -0.2) is 13.8 Å². The van der Waals surface area contributed by atoms with Gasteiger partial charge in [0.05, 0.1) is 0 Å². The van der Waals surface area contributed by atoms with Crippen LogP contribution in [0.2, 0.25) is 0 Å². The van der Waals surface area contributed by atoms with Crippen molar-refractivity contribution in [1.29, 1.82) is 0 Å². The maximum absolute atomic E-state index is 13.1. The number of hydrogen-bond acceptors (Lipinski definition) is 4. The van der Waals surface area contributed by atoms with Crippen molar-refractivity contribution in [3.63, 3.8) is 0 Å². The zero-order chi connectivity index (χ0) is 15.5. The van der Waals surface area contributed by atoms with Crippen LogP contribution in [0.4, 0.5) is 13.9 Å². The predicted octanol–water partition coefficient (Wildman–Crippen LogP) is 3.14. The number of amides is 1. The molecular weight excluding hydrogens is 308 g/mol. The van der Waals surface area contributed by atoms with Gasteiger partial charge in [0.2, 0.25) is 0 Å². The summed E-state index contributed by atoms with van der Waals surface area (Å²) < 4.78 is 26.3. The molecule has 22 heavy (non-hydrogen) atoms. The van der Waals surface area contributed by atoms with Gasteiger partial charge in [0, 0.05) is 22.7 Å². The average molecular weight is 323 g/mol. The van der Waals surface area contributed by atoms with Gasteiger partial charge in [0.15, 0.2) is 5.13 Å². The minimum absolute atomic E-state index is 0.0592. The lowest BCUT2D eigenvalue weighted by Crippen LogP contribution is -2.26. The highest BCUT2D eigenvalue weighted by Gasteiger charge is 2.18. The predicted molar refractivity (Wildman–Crippen MR) is 81.3 cm³/mol. The lowest BCUT2D eigenvalue weighted by molar-refractivity contribution is 0.102. The molecule has 0 aliphatic carbocycles. The highest BCUT2D eigenvalue weighted by molar-refractivity contribution is 7.15. The van der Waals surface area contributed by atoms with E-state index in [0.29, 0.717) is 11.0 Å². The Bertz CT molecular complexity index is 663. The second kappa shape index (κ2) is 6.50. The fraction of sp³-hybridized carbons (Fsp3) is 0.333. The van der Waals surface area contributed by atoms with E-state index in [1.807, 2.05) is 0 Å². The summed E-state index contributed by atoms with van der Waals surface area (Å²) in [6.45, 7) is 1.96. The quantitative estimate of drug-likeness (QED) is 0.912. The highest BCUT2D eigenvalue weighted by Crippen LogP contribution is 2.31. The second-order valence-corrected chi connectivity index (χ2v) is 6.27. The lowest BCUT2D eigenvalue weighted by Gasteiger charge is -2.20. The number of hydrogen-bond donors (Lipinski definition) is 2. The number of thiazole rings is 1. The standard InChI is InChI=1S/C15H15F2N3OS/c16-11-5-10(6-12(17)7-11)14(21)20-15-19-8-13(22-15)9-1-3-18-4-2-9/h5-9,18H,1-4H2,(H,19,20,21). The van der Waals surface area contributed by atoms with Crippen LogP contribution in [-0.4, -0.2) is 24.0 Å². The van der Waals surface area contributed by atoms with E-state index in [4.69, 9.17) is 0 Å². The van der Waals surface area contributed by atoms with E-state index in [2.05, 4.69) is 15.6 Å². The molecule has 0 saturated carbocycles. The third-order valence-electron chi connectivity index (χ3n) is 3.61. The number of rotatable bonds is 3. The van der Waals surface area contributed by atoms with E-state index in [0.717, 1.165) is 49.0 Å². The molecule has 116 valence electrons. The maximum atomic E-state index is 13.1. The first-order valence-electron chi connectivity index (χ1n) is 7.06. The van der Waals surface area contributed by atoms with Crippen molar-refractivity contribution in [3.05, 3.63) is 46.5 Å². The molecule has 1 amide bonds. The van der Waals surface area contributed by atoms with Gasteiger partial charge in [-0.3, -0.25) is 10.1 Å². The number of benzene rings is 1. The summed E-state index contributed by atoms with van der Waals surface area (Å²) in [5.41, 5.74) is -0.0592. The van der Waals surface area contributed by atoms with E-state index >= 15 is 0 Å². The zero-order valence-electron chi connectivity index (χ0n) is 11.7. The molecule has 7 heteroatoms. The fourth-order valence-corrected chi connectivity index (χ4v) is 3.47. The minimum atomic E-state index is -0.778. The van der Waals surface area contributed by atoms with E-state index in [9.17, 15) is 13.6 Å². The Labute approximate surface area is 130 Å². The van der Waals surface area contributed by atoms with Gasteiger partial charge in [0.25, 0.3) is 5.91 Å². The van der Waals surface area contributed by atoms with Crippen LogP contribution >= 0.6 is 11.3 Å². The normalized spacial score (nSPS) is 15.7. The SMILES string of the molecule is O=C(Nc1ncc(C2CCNCC2)s1)c1cc(F)cc(F)c1. The Morgan fingerprint density at radius 2 is 1.91 bits per heavy atom. The number of aromatic nitrogens is 1. The van der Waals surface area contributed by atoms with Crippen molar-refractivity contribution in [1.82, 2.24) is 10.3 Å². The molecule has 0 spiro atoms. The number of piperidine rings is 1. The van der Waals surface area contributed by atoms with Crippen molar-refractivity contribution in [2.75, 3.05) is 18.4 Å².